The summed E-state index contributed by atoms with van der Waals surface area (Å²) in [7, 11) is 1.53. The van der Waals surface area contributed by atoms with Gasteiger partial charge in [0, 0.05) is 6.54 Å². The van der Waals surface area contributed by atoms with Gasteiger partial charge in [-0.1, -0.05) is 6.07 Å². The highest BCUT2D eigenvalue weighted by molar-refractivity contribution is 5.58. The van der Waals surface area contributed by atoms with E-state index >= 15 is 0 Å². The average molecular weight is 325 g/mol. The van der Waals surface area contributed by atoms with Crippen molar-refractivity contribution in [2.45, 2.75) is 25.7 Å². The third-order valence-electron chi connectivity index (χ3n) is 4.04. The van der Waals surface area contributed by atoms with Crippen LogP contribution in [-0.4, -0.2) is 17.3 Å². The summed E-state index contributed by atoms with van der Waals surface area (Å²) in [6.07, 6.45) is -3.71. The summed E-state index contributed by atoms with van der Waals surface area (Å²) in [4.78, 5) is 13.2. The van der Waals surface area contributed by atoms with Gasteiger partial charge < -0.3 is 9.64 Å². The monoisotopic (exact) mass is 325 g/mol. The number of methoxy groups -OCH3 is 1. The summed E-state index contributed by atoms with van der Waals surface area (Å²) < 4.78 is 44.9. The molecular weight excluding hydrogens is 311 g/mol. The zero-order valence-corrected chi connectivity index (χ0v) is 12.4. The molecule has 3 rings (SSSR count). The molecule has 122 valence electrons. The number of hydrogen-bond acceptors (Lipinski definition) is 4. The van der Waals surface area contributed by atoms with E-state index in [4.69, 9.17) is 4.74 Å². The van der Waals surface area contributed by atoms with Crippen LogP contribution in [0.5, 0.6) is 5.75 Å². The molecule has 2 heterocycles. The van der Waals surface area contributed by atoms with Crippen molar-refractivity contribution in [2.75, 3.05) is 12.0 Å². The molecular formula is C15H14F3N3O2. The SMILES string of the molecule is COc1ccc2c(c1)C(C)N(c1cn[nH]c(=O)c1C(F)(F)F)C2. The van der Waals surface area contributed by atoms with Crippen molar-refractivity contribution in [2.24, 2.45) is 0 Å². The Labute approximate surface area is 129 Å². The number of H-pyrrole nitrogens is 1. The first-order chi connectivity index (χ1) is 10.8. The summed E-state index contributed by atoms with van der Waals surface area (Å²) >= 11 is 0. The van der Waals surface area contributed by atoms with E-state index < -0.39 is 17.3 Å². The van der Waals surface area contributed by atoms with E-state index in [1.54, 1.807) is 19.1 Å². The average Bonchev–Trinajstić information content (AvgIpc) is 2.82. The molecule has 1 aromatic carbocycles. The molecule has 1 aromatic heterocycles. The molecule has 0 spiro atoms. The maximum Gasteiger partial charge on any atom is 0.423 e. The zero-order chi connectivity index (χ0) is 16.8. The third kappa shape index (κ3) is 2.54. The second kappa shape index (κ2) is 5.29. The number of benzene rings is 1. The highest BCUT2D eigenvalue weighted by Crippen LogP contribution is 2.42. The highest BCUT2D eigenvalue weighted by Gasteiger charge is 2.41. The minimum atomic E-state index is -4.75. The van der Waals surface area contributed by atoms with Gasteiger partial charge in [-0.25, -0.2) is 5.10 Å². The molecule has 0 saturated carbocycles. The van der Waals surface area contributed by atoms with Crippen molar-refractivity contribution in [3.8, 4) is 5.75 Å². The topological polar surface area (TPSA) is 58.2 Å². The van der Waals surface area contributed by atoms with Crippen LogP contribution in [0.15, 0.2) is 29.2 Å². The van der Waals surface area contributed by atoms with Crippen molar-refractivity contribution >= 4 is 5.69 Å². The molecule has 0 fully saturated rings. The van der Waals surface area contributed by atoms with E-state index in [9.17, 15) is 18.0 Å². The van der Waals surface area contributed by atoms with Crippen molar-refractivity contribution in [3.05, 3.63) is 51.4 Å². The molecule has 1 unspecified atom stereocenters. The van der Waals surface area contributed by atoms with Crippen molar-refractivity contribution in [1.82, 2.24) is 10.2 Å². The van der Waals surface area contributed by atoms with Gasteiger partial charge in [-0.2, -0.15) is 18.3 Å². The van der Waals surface area contributed by atoms with Crippen LogP contribution in [0.4, 0.5) is 18.9 Å². The summed E-state index contributed by atoms with van der Waals surface area (Å²) in [5.74, 6) is 0.637. The maximum atomic E-state index is 13.2. The summed E-state index contributed by atoms with van der Waals surface area (Å²) in [5.41, 5.74) is -0.914. The summed E-state index contributed by atoms with van der Waals surface area (Å²) in [6, 6.07) is 5.05. The summed E-state index contributed by atoms with van der Waals surface area (Å²) in [6.45, 7) is 2.06. The van der Waals surface area contributed by atoms with Gasteiger partial charge in [0.2, 0.25) is 0 Å². The minimum Gasteiger partial charge on any atom is -0.497 e. The van der Waals surface area contributed by atoms with E-state index in [2.05, 4.69) is 5.10 Å². The van der Waals surface area contributed by atoms with E-state index in [0.717, 1.165) is 17.3 Å². The quantitative estimate of drug-likeness (QED) is 0.922. The minimum absolute atomic E-state index is 0.219. The molecule has 1 N–H and O–H groups in total. The number of rotatable bonds is 2. The Morgan fingerprint density at radius 3 is 2.78 bits per heavy atom. The normalized spacial score (nSPS) is 17.3. The molecule has 8 heteroatoms. The first kappa shape index (κ1) is 15.4. The highest BCUT2D eigenvalue weighted by atomic mass is 19.4. The number of halogens is 3. The van der Waals surface area contributed by atoms with Crippen LogP contribution in [0.2, 0.25) is 0 Å². The molecule has 0 aliphatic carbocycles. The molecule has 1 aliphatic heterocycles. The van der Waals surface area contributed by atoms with Crippen molar-refractivity contribution in [1.29, 1.82) is 0 Å². The van der Waals surface area contributed by atoms with E-state index in [1.165, 1.54) is 12.0 Å². The van der Waals surface area contributed by atoms with E-state index in [1.807, 2.05) is 11.2 Å². The standard InChI is InChI=1S/C15H14F3N3O2/c1-8-11-5-10(23-2)4-3-9(11)7-21(8)12-6-19-20-14(22)13(12)15(16,17)18/h3-6,8H,7H2,1-2H3,(H,20,22). The molecule has 5 nitrogen and oxygen atoms in total. The third-order valence-corrected chi connectivity index (χ3v) is 4.04. The lowest BCUT2D eigenvalue weighted by molar-refractivity contribution is -0.138. The summed E-state index contributed by atoms with van der Waals surface area (Å²) in [5, 5.41) is 5.38. The van der Waals surface area contributed by atoms with Gasteiger partial charge >= 0.3 is 6.18 Å². The van der Waals surface area contributed by atoms with Crippen LogP contribution in [0, 0.1) is 0 Å². The largest absolute Gasteiger partial charge is 0.497 e. The number of aromatic nitrogens is 2. The fraction of sp³-hybridized carbons (Fsp3) is 0.333. The van der Waals surface area contributed by atoms with Crippen molar-refractivity contribution < 1.29 is 17.9 Å². The van der Waals surface area contributed by atoms with Crippen LogP contribution in [0.1, 0.15) is 29.7 Å². The fourth-order valence-corrected chi connectivity index (χ4v) is 2.90. The number of fused-ring (bicyclic) bond motifs is 1. The number of nitrogens with one attached hydrogen (secondary N) is 1. The Kier molecular flexibility index (Phi) is 3.54. The first-order valence-electron chi connectivity index (χ1n) is 6.91. The smallest absolute Gasteiger partial charge is 0.423 e. The van der Waals surface area contributed by atoms with Gasteiger partial charge in [-0.05, 0) is 30.2 Å². The Morgan fingerprint density at radius 2 is 2.13 bits per heavy atom. The lowest BCUT2D eigenvalue weighted by Crippen LogP contribution is -2.30. The molecule has 0 saturated heterocycles. The number of nitrogens with zero attached hydrogens (tertiary/aromatic N) is 2. The molecule has 0 radical (unpaired) electrons. The second-order valence-corrected chi connectivity index (χ2v) is 5.33. The predicted molar refractivity (Wildman–Crippen MR) is 77.5 cm³/mol. The van der Waals surface area contributed by atoms with Gasteiger partial charge in [0.25, 0.3) is 5.56 Å². The lowest BCUT2D eigenvalue weighted by Gasteiger charge is -2.26. The van der Waals surface area contributed by atoms with Gasteiger partial charge in [0.05, 0.1) is 25.0 Å². The molecule has 23 heavy (non-hydrogen) atoms. The fourth-order valence-electron chi connectivity index (χ4n) is 2.90. The predicted octanol–water partition coefficient (Wildman–Crippen LogP) is 2.88. The molecule has 2 aromatic rings. The van der Waals surface area contributed by atoms with Crippen LogP contribution >= 0.6 is 0 Å². The molecule has 1 atom stereocenters. The van der Waals surface area contributed by atoms with E-state index in [0.29, 0.717) is 5.75 Å². The lowest BCUT2D eigenvalue weighted by atomic mass is 10.1. The van der Waals surface area contributed by atoms with Gasteiger partial charge in [0.15, 0.2) is 0 Å². The maximum absolute atomic E-state index is 13.2. The first-order valence-corrected chi connectivity index (χ1v) is 6.91. The molecule has 1 aliphatic rings. The number of anilines is 1. The number of alkyl halides is 3. The molecule has 0 bridgehead atoms. The van der Waals surface area contributed by atoms with Crippen molar-refractivity contribution in [3.63, 3.8) is 0 Å². The van der Waals surface area contributed by atoms with Crippen LogP contribution < -0.4 is 15.2 Å². The van der Waals surface area contributed by atoms with E-state index in [-0.39, 0.29) is 18.3 Å². The number of aromatic amines is 1. The van der Waals surface area contributed by atoms with Crippen LogP contribution in [0.25, 0.3) is 0 Å². The zero-order valence-electron chi connectivity index (χ0n) is 12.4. The Hall–Kier alpha value is -2.51. The van der Waals surface area contributed by atoms with Gasteiger partial charge in [0.1, 0.15) is 11.3 Å². The Balaban J connectivity index is 2.09. The molecule has 0 amide bonds. The second-order valence-electron chi connectivity index (χ2n) is 5.33. The van der Waals surface area contributed by atoms with Gasteiger partial charge in [-0.3, -0.25) is 4.79 Å². The Bertz CT molecular complexity index is 801. The van der Waals surface area contributed by atoms with Crippen LogP contribution in [-0.2, 0) is 12.7 Å². The Morgan fingerprint density at radius 1 is 1.39 bits per heavy atom. The number of hydrogen-bond donors (Lipinski definition) is 1. The van der Waals surface area contributed by atoms with Gasteiger partial charge in [-0.15, -0.1) is 0 Å². The van der Waals surface area contributed by atoms with Crippen LogP contribution in [0.3, 0.4) is 0 Å². The number of ether oxygens (including phenoxy) is 1.